The van der Waals surface area contributed by atoms with E-state index in [1.54, 1.807) is 12.4 Å². The van der Waals surface area contributed by atoms with E-state index in [1.807, 2.05) is 53.1 Å². The van der Waals surface area contributed by atoms with E-state index in [-0.39, 0.29) is 5.91 Å². The maximum Gasteiger partial charge on any atom is 0.253 e. The molecule has 5 rings (SSSR count). The number of nitrogens with one attached hydrogen (secondary N) is 1. The van der Waals surface area contributed by atoms with Gasteiger partial charge in [0, 0.05) is 31.3 Å². The second kappa shape index (κ2) is 7.54. The molecule has 146 valence electrons. The lowest BCUT2D eigenvalue weighted by Gasteiger charge is -2.08. The van der Waals surface area contributed by atoms with Crippen LogP contribution in [-0.2, 0) is 6.54 Å². The van der Waals surface area contributed by atoms with Crippen molar-refractivity contribution in [1.82, 2.24) is 24.5 Å². The summed E-state index contributed by atoms with van der Waals surface area (Å²) in [6, 6.07) is 14.2. The number of amides is 1. The van der Waals surface area contributed by atoms with Gasteiger partial charge in [-0.05, 0) is 54.8 Å². The molecule has 6 nitrogen and oxygen atoms in total. The van der Waals surface area contributed by atoms with E-state index in [1.165, 1.54) is 25.7 Å². The molecular weight excluding hydrogens is 362 g/mol. The summed E-state index contributed by atoms with van der Waals surface area (Å²) in [6.45, 7) is 0.469. The molecule has 4 heterocycles. The molecule has 0 radical (unpaired) electrons. The summed E-state index contributed by atoms with van der Waals surface area (Å²) < 4.78 is 4.14. The summed E-state index contributed by atoms with van der Waals surface area (Å²) in [5.41, 5.74) is 4.39. The van der Waals surface area contributed by atoms with E-state index in [4.69, 9.17) is 5.10 Å². The van der Waals surface area contributed by atoms with Crippen molar-refractivity contribution in [2.75, 3.05) is 0 Å². The quantitative estimate of drug-likeness (QED) is 0.559. The zero-order valence-electron chi connectivity index (χ0n) is 16.2. The van der Waals surface area contributed by atoms with E-state index in [9.17, 15) is 4.79 Å². The SMILES string of the molecule is O=C(NCc1ccncc1)c1cc(-c2ccn(C3CCCC3)n2)n2ccccc12. The number of carbonyl (C=O) groups is 1. The highest BCUT2D eigenvalue weighted by Gasteiger charge is 2.20. The van der Waals surface area contributed by atoms with Gasteiger partial charge in [-0.2, -0.15) is 5.10 Å². The fourth-order valence-corrected chi connectivity index (χ4v) is 4.16. The normalized spacial score (nSPS) is 14.5. The topological polar surface area (TPSA) is 64.2 Å². The van der Waals surface area contributed by atoms with Gasteiger partial charge in [0.2, 0.25) is 0 Å². The van der Waals surface area contributed by atoms with Crippen molar-refractivity contribution < 1.29 is 4.79 Å². The minimum atomic E-state index is -0.0908. The van der Waals surface area contributed by atoms with Crippen LogP contribution in [0.4, 0.5) is 0 Å². The molecule has 0 aliphatic heterocycles. The fourth-order valence-electron chi connectivity index (χ4n) is 4.16. The first kappa shape index (κ1) is 17.7. The van der Waals surface area contributed by atoms with Gasteiger partial charge in [0.1, 0.15) is 5.69 Å². The Labute approximate surface area is 169 Å². The van der Waals surface area contributed by atoms with Crippen molar-refractivity contribution in [2.45, 2.75) is 38.3 Å². The van der Waals surface area contributed by atoms with Crippen LogP contribution in [0.5, 0.6) is 0 Å². The Morgan fingerprint density at radius 3 is 2.72 bits per heavy atom. The third-order valence-corrected chi connectivity index (χ3v) is 5.69. The van der Waals surface area contributed by atoms with Gasteiger partial charge in [-0.25, -0.2) is 0 Å². The molecule has 1 aliphatic carbocycles. The molecule has 4 aromatic rings. The molecule has 0 aromatic carbocycles. The highest BCUT2D eigenvalue weighted by Crippen LogP contribution is 2.31. The fraction of sp³-hybridized carbons (Fsp3) is 0.261. The molecule has 1 N–H and O–H groups in total. The zero-order valence-corrected chi connectivity index (χ0v) is 16.2. The highest BCUT2D eigenvalue weighted by atomic mass is 16.1. The number of hydrogen-bond acceptors (Lipinski definition) is 3. The van der Waals surface area contributed by atoms with E-state index < -0.39 is 0 Å². The highest BCUT2D eigenvalue weighted by molar-refractivity contribution is 6.02. The first-order chi connectivity index (χ1) is 14.3. The second-order valence-electron chi connectivity index (χ2n) is 7.56. The van der Waals surface area contributed by atoms with E-state index >= 15 is 0 Å². The lowest BCUT2D eigenvalue weighted by Crippen LogP contribution is -2.22. The van der Waals surface area contributed by atoms with Crippen LogP contribution in [0, 0.1) is 0 Å². The van der Waals surface area contributed by atoms with Crippen molar-refractivity contribution in [3.05, 3.63) is 78.4 Å². The van der Waals surface area contributed by atoms with Crippen LogP contribution in [0.15, 0.2) is 67.3 Å². The predicted molar refractivity (Wildman–Crippen MR) is 112 cm³/mol. The lowest BCUT2D eigenvalue weighted by atomic mass is 10.2. The van der Waals surface area contributed by atoms with Crippen LogP contribution < -0.4 is 5.32 Å². The van der Waals surface area contributed by atoms with Gasteiger partial charge in [0.15, 0.2) is 0 Å². The van der Waals surface area contributed by atoms with E-state index in [0.29, 0.717) is 18.2 Å². The van der Waals surface area contributed by atoms with Gasteiger partial charge in [0.05, 0.1) is 22.8 Å². The summed E-state index contributed by atoms with van der Waals surface area (Å²) >= 11 is 0. The number of rotatable bonds is 5. The van der Waals surface area contributed by atoms with Crippen molar-refractivity contribution in [3.8, 4) is 11.4 Å². The minimum absolute atomic E-state index is 0.0908. The van der Waals surface area contributed by atoms with Gasteiger partial charge in [-0.15, -0.1) is 0 Å². The third-order valence-electron chi connectivity index (χ3n) is 5.69. The molecular formula is C23H23N5O. The predicted octanol–water partition coefficient (Wildman–Crippen LogP) is 4.24. The van der Waals surface area contributed by atoms with Crippen molar-refractivity contribution in [2.24, 2.45) is 0 Å². The van der Waals surface area contributed by atoms with Crippen LogP contribution in [0.1, 0.15) is 47.6 Å². The number of carbonyl (C=O) groups excluding carboxylic acids is 1. The molecule has 4 aromatic heterocycles. The molecule has 0 unspecified atom stereocenters. The monoisotopic (exact) mass is 385 g/mol. The van der Waals surface area contributed by atoms with Crippen molar-refractivity contribution in [1.29, 1.82) is 0 Å². The average molecular weight is 385 g/mol. The summed E-state index contributed by atoms with van der Waals surface area (Å²) in [5, 5.41) is 7.85. The number of aromatic nitrogens is 4. The minimum Gasteiger partial charge on any atom is -0.348 e. The summed E-state index contributed by atoms with van der Waals surface area (Å²) in [4.78, 5) is 16.9. The maximum absolute atomic E-state index is 12.9. The molecule has 1 aliphatic rings. The van der Waals surface area contributed by atoms with Crippen LogP contribution in [0.3, 0.4) is 0 Å². The van der Waals surface area contributed by atoms with Crippen LogP contribution >= 0.6 is 0 Å². The summed E-state index contributed by atoms with van der Waals surface area (Å²) in [5.74, 6) is -0.0908. The molecule has 1 fully saturated rings. The Morgan fingerprint density at radius 2 is 1.90 bits per heavy atom. The first-order valence-electron chi connectivity index (χ1n) is 10.1. The summed E-state index contributed by atoms with van der Waals surface area (Å²) in [6.07, 6.45) is 12.4. The summed E-state index contributed by atoms with van der Waals surface area (Å²) in [7, 11) is 0. The van der Waals surface area contributed by atoms with Gasteiger partial charge in [0.25, 0.3) is 5.91 Å². The molecule has 0 spiro atoms. The molecule has 0 saturated heterocycles. The van der Waals surface area contributed by atoms with E-state index in [2.05, 4.69) is 21.2 Å². The Hall–Kier alpha value is -3.41. The maximum atomic E-state index is 12.9. The molecule has 0 atom stereocenters. The Kier molecular flexibility index (Phi) is 4.60. The van der Waals surface area contributed by atoms with Gasteiger partial charge < -0.3 is 9.72 Å². The van der Waals surface area contributed by atoms with Crippen molar-refractivity contribution >= 4 is 11.4 Å². The van der Waals surface area contributed by atoms with Crippen molar-refractivity contribution in [3.63, 3.8) is 0 Å². The van der Waals surface area contributed by atoms with Gasteiger partial charge >= 0.3 is 0 Å². The average Bonchev–Trinajstić information content (AvgIpc) is 3.51. The van der Waals surface area contributed by atoms with E-state index in [0.717, 1.165) is 22.5 Å². The smallest absolute Gasteiger partial charge is 0.253 e. The number of nitrogens with zero attached hydrogens (tertiary/aromatic N) is 4. The third kappa shape index (κ3) is 3.42. The van der Waals surface area contributed by atoms with Gasteiger partial charge in [-0.3, -0.25) is 14.5 Å². The molecule has 0 bridgehead atoms. The number of fused-ring (bicyclic) bond motifs is 1. The molecule has 6 heteroatoms. The largest absolute Gasteiger partial charge is 0.348 e. The van der Waals surface area contributed by atoms with Gasteiger partial charge in [-0.1, -0.05) is 18.9 Å². The van der Waals surface area contributed by atoms with Crippen LogP contribution in [0.2, 0.25) is 0 Å². The molecule has 1 amide bonds. The Morgan fingerprint density at radius 1 is 1.07 bits per heavy atom. The lowest BCUT2D eigenvalue weighted by molar-refractivity contribution is 0.0952. The van der Waals surface area contributed by atoms with Crippen LogP contribution in [0.25, 0.3) is 16.9 Å². The molecule has 29 heavy (non-hydrogen) atoms. The standard InChI is InChI=1S/C23H23N5O/c29-23(25-16-17-8-11-24-12-9-17)19-15-22(27-13-4-3-7-21(19)27)20-10-14-28(26-20)18-5-1-2-6-18/h3-4,7-15,18H,1-2,5-6,16H2,(H,25,29). The molecule has 1 saturated carbocycles. The number of pyridine rings is 2. The Balaban J connectivity index is 1.45. The van der Waals surface area contributed by atoms with Crippen LogP contribution in [-0.4, -0.2) is 25.1 Å². The zero-order chi connectivity index (χ0) is 19.6. The Bertz CT molecular complexity index is 1140. The number of hydrogen-bond donors (Lipinski definition) is 1. The first-order valence-corrected chi connectivity index (χ1v) is 10.1. The second-order valence-corrected chi connectivity index (χ2v) is 7.56.